The number of aryl methyl sites for hydroxylation is 2. The second-order valence-corrected chi connectivity index (χ2v) is 7.32. The van der Waals surface area contributed by atoms with Crippen LogP contribution in [0.3, 0.4) is 0 Å². The van der Waals surface area contributed by atoms with Crippen LogP contribution in [0.5, 0.6) is 0 Å². The molecule has 0 aliphatic rings. The largest absolute Gasteiger partial charge is 0.294 e. The molecule has 5 nitrogen and oxygen atoms in total. The molecule has 2 heterocycles. The molecule has 0 bridgehead atoms. The van der Waals surface area contributed by atoms with Crippen molar-refractivity contribution in [1.82, 2.24) is 19.3 Å². The van der Waals surface area contributed by atoms with Crippen LogP contribution in [0.2, 0.25) is 10.0 Å². The molecule has 2 aromatic carbocycles. The van der Waals surface area contributed by atoms with Crippen molar-refractivity contribution >= 4 is 34.2 Å². The SMILES string of the molecule is Cc1ccc(-n2ncc3c(=O)n(Cc4ccc(Cl)cc4Cl)cnc32)cc1C. The smallest absolute Gasteiger partial charge is 0.264 e. The zero-order valence-electron chi connectivity index (χ0n) is 14.8. The zero-order chi connectivity index (χ0) is 19.1. The van der Waals surface area contributed by atoms with E-state index < -0.39 is 0 Å². The zero-order valence-corrected chi connectivity index (χ0v) is 16.3. The Kier molecular flexibility index (Phi) is 4.50. The third-order valence-corrected chi connectivity index (χ3v) is 5.23. The molecule has 0 unspecified atom stereocenters. The number of hydrogen-bond acceptors (Lipinski definition) is 3. The monoisotopic (exact) mass is 398 g/mol. The van der Waals surface area contributed by atoms with E-state index in [-0.39, 0.29) is 5.56 Å². The lowest BCUT2D eigenvalue weighted by molar-refractivity contribution is 0.745. The van der Waals surface area contributed by atoms with E-state index in [4.69, 9.17) is 23.2 Å². The number of aromatic nitrogens is 4. The Morgan fingerprint density at radius 3 is 2.59 bits per heavy atom. The van der Waals surface area contributed by atoms with Crippen LogP contribution in [0.15, 0.2) is 53.7 Å². The number of nitrogens with zero attached hydrogens (tertiary/aromatic N) is 4. The van der Waals surface area contributed by atoms with Crippen molar-refractivity contribution in [1.29, 1.82) is 0 Å². The van der Waals surface area contributed by atoms with Crippen LogP contribution in [-0.4, -0.2) is 19.3 Å². The molecule has 0 saturated carbocycles. The lowest BCUT2D eigenvalue weighted by atomic mass is 10.1. The van der Waals surface area contributed by atoms with Crippen LogP contribution in [0, 0.1) is 13.8 Å². The van der Waals surface area contributed by atoms with E-state index in [0.29, 0.717) is 27.6 Å². The quantitative estimate of drug-likeness (QED) is 0.508. The van der Waals surface area contributed by atoms with Gasteiger partial charge in [0.1, 0.15) is 11.7 Å². The van der Waals surface area contributed by atoms with Crippen molar-refractivity contribution in [3.05, 3.63) is 86.0 Å². The molecular weight excluding hydrogens is 383 g/mol. The third kappa shape index (κ3) is 3.24. The fourth-order valence-electron chi connectivity index (χ4n) is 2.94. The second-order valence-electron chi connectivity index (χ2n) is 6.48. The molecular formula is C20H16Cl2N4O. The molecule has 0 saturated heterocycles. The maximum absolute atomic E-state index is 12.9. The van der Waals surface area contributed by atoms with Gasteiger partial charge in [-0.05, 0) is 54.8 Å². The fourth-order valence-corrected chi connectivity index (χ4v) is 3.41. The molecule has 4 aromatic rings. The summed E-state index contributed by atoms with van der Waals surface area (Å²) in [5, 5.41) is 5.90. The standard InChI is InChI=1S/C20H16Cl2N4O/c1-12-3-6-16(7-13(12)2)26-19-17(9-24-26)20(27)25(11-23-19)10-14-4-5-15(21)8-18(14)22/h3-9,11H,10H2,1-2H3. The number of rotatable bonds is 3. The average molecular weight is 399 g/mol. The molecule has 4 rings (SSSR count). The van der Waals surface area contributed by atoms with Gasteiger partial charge in [-0.25, -0.2) is 9.67 Å². The van der Waals surface area contributed by atoms with Gasteiger partial charge in [0.05, 0.1) is 18.4 Å². The summed E-state index contributed by atoms with van der Waals surface area (Å²) in [4.78, 5) is 17.3. The van der Waals surface area contributed by atoms with Crippen molar-refractivity contribution in [3.63, 3.8) is 0 Å². The third-order valence-electron chi connectivity index (χ3n) is 4.65. The summed E-state index contributed by atoms with van der Waals surface area (Å²) in [5.74, 6) is 0. The molecule has 0 fully saturated rings. The van der Waals surface area contributed by atoms with Gasteiger partial charge in [0.2, 0.25) is 0 Å². The summed E-state index contributed by atoms with van der Waals surface area (Å²) >= 11 is 12.2. The van der Waals surface area contributed by atoms with E-state index in [1.807, 2.05) is 25.1 Å². The van der Waals surface area contributed by atoms with Gasteiger partial charge in [-0.2, -0.15) is 5.10 Å². The highest BCUT2D eigenvalue weighted by molar-refractivity contribution is 6.35. The van der Waals surface area contributed by atoms with Crippen molar-refractivity contribution < 1.29 is 0 Å². The van der Waals surface area contributed by atoms with E-state index in [1.165, 1.54) is 16.5 Å². The Labute approximate surface area is 165 Å². The molecule has 2 aromatic heterocycles. The Morgan fingerprint density at radius 1 is 1.04 bits per heavy atom. The van der Waals surface area contributed by atoms with E-state index in [0.717, 1.165) is 16.8 Å². The fraction of sp³-hybridized carbons (Fsp3) is 0.150. The summed E-state index contributed by atoms with van der Waals surface area (Å²) in [6, 6.07) is 11.2. The highest BCUT2D eigenvalue weighted by Crippen LogP contribution is 2.22. The van der Waals surface area contributed by atoms with Crippen LogP contribution in [-0.2, 0) is 6.54 Å². The van der Waals surface area contributed by atoms with E-state index in [9.17, 15) is 4.79 Å². The van der Waals surface area contributed by atoms with Crippen molar-refractivity contribution in [2.24, 2.45) is 0 Å². The van der Waals surface area contributed by atoms with E-state index in [1.54, 1.807) is 29.1 Å². The maximum atomic E-state index is 12.9. The highest BCUT2D eigenvalue weighted by Gasteiger charge is 2.13. The lowest BCUT2D eigenvalue weighted by Crippen LogP contribution is -2.21. The first-order chi connectivity index (χ1) is 12.9. The van der Waals surface area contributed by atoms with Crippen LogP contribution < -0.4 is 5.56 Å². The topological polar surface area (TPSA) is 52.7 Å². The van der Waals surface area contributed by atoms with Gasteiger partial charge in [-0.1, -0.05) is 35.3 Å². The van der Waals surface area contributed by atoms with Gasteiger partial charge >= 0.3 is 0 Å². The first kappa shape index (κ1) is 17.8. The van der Waals surface area contributed by atoms with Crippen LogP contribution in [0.4, 0.5) is 0 Å². The van der Waals surface area contributed by atoms with Gasteiger partial charge in [0.15, 0.2) is 5.65 Å². The molecule has 0 N–H and O–H groups in total. The van der Waals surface area contributed by atoms with E-state index >= 15 is 0 Å². The van der Waals surface area contributed by atoms with Crippen LogP contribution in [0.25, 0.3) is 16.7 Å². The van der Waals surface area contributed by atoms with Gasteiger partial charge < -0.3 is 0 Å². The average Bonchev–Trinajstić information content (AvgIpc) is 3.06. The predicted molar refractivity (Wildman–Crippen MR) is 108 cm³/mol. The lowest BCUT2D eigenvalue weighted by Gasteiger charge is -2.09. The molecule has 27 heavy (non-hydrogen) atoms. The predicted octanol–water partition coefficient (Wildman–Crippen LogP) is 4.55. The Hall–Kier alpha value is -2.63. The van der Waals surface area contributed by atoms with Crippen LogP contribution >= 0.6 is 23.2 Å². The minimum absolute atomic E-state index is 0.166. The van der Waals surface area contributed by atoms with Crippen molar-refractivity contribution in [3.8, 4) is 5.69 Å². The number of halogens is 2. The molecule has 0 amide bonds. The van der Waals surface area contributed by atoms with E-state index in [2.05, 4.69) is 17.0 Å². The van der Waals surface area contributed by atoms with Crippen LogP contribution in [0.1, 0.15) is 16.7 Å². The molecule has 7 heteroatoms. The number of hydrogen-bond donors (Lipinski definition) is 0. The Balaban J connectivity index is 1.77. The second kappa shape index (κ2) is 6.83. The van der Waals surface area contributed by atoms with Crippen molar-refractivity contribution in [2.45, 2.75) is 20.4 Å². The summed E-state index contributed by atoms with van der Waals surface area (Å²) in [6.07, 6.45) is 3.08. The summed E-state index contributed by atoms with van der Waals surface area (Å²) in [7, 11) is 0. The first-order valence-electron chi connectivity index (χ1n) is 8.39. The number of fused-ring (bicyclic) bond motifs is 1. The normalized spacial score (nSPS) is 11.3. The van der Waals surface area contributed by atoms with Gasteiger partial charge in [0.25, 0.3) is 5.56 Å². The van der Waals surface area contributed by atoms with Gasteiger partial charge in [-0.15, -0.1) is 0 Å². The Morgan fingerprint density at radius 2 is 1.85 bits per heavy atom. The molecule has 136 valence electrons. The molecule has 0 radical (unpaired) electrons. The minimum atomic E-state index is -0.166. The number of benzene rings is 2. The molecule has 0 spiro atoms. The Bertz CT molecular complexity index is 1230. The summed E-state index contributed by atoms with van der Waals surface area (Å²) in [5.41, 5.74) is 4.39. The summed E-state index contributed by atoms with van der Waals surface area (Å²) in [6.45, 7) is 4.41. The van der Waals surface area contributed by atoms with Crippen molar-refractivity contribution in [2.75, 3.05) is 0 Å². The summed E-state index contributed by atoms with van der Waals surface area (Å²) < 4.78 is 3.20. The van der Waals surface area contributed by atoms with Gasteiger partial charge in [0, 0.05) is 10.0 Å². The minimum Gasteiger partial charge on any atom is -0.294 e. The molecule has 0 aliphatic heterocycles. The van der Waals surface area contributed by atoms with Gasteiger partial charge in [-0.3, -0.25) is 9.36 Å². The first-order valence-corrected chi connectivity index (χ1v) is 9.14. The molecule has 0 atom stereocenters. The molecule has 0 aliphatic carbocycles. The highest BCUT2D eigenvalue weighted by atomic mass is 35.5. The maximum Gasteiger partial charge on any atom is 0.264 e.